The van der Waals surface area contributed by atoms with Crippen LogP contribution in [0.2, 0.25) is 0 Å². The van der Waals surface area contributed by atoms with Gasteiger partial charge in [-0.05, 0) is 77.2 Å². The number of rotatable bonds is 3. The molecule has 0 heterocycles. The van der Waals surface area contributed by atoms with E-state index >= 15 is 0 Å². The van der Waals surface area contributed by atoms with Crippen LogP contribution in [0.5, 0.6) is 0 Å². The van der Waals surface area contributed by atoms with Gasteiger partial charge < -0.3 is 5.32 Å². The second-order valence-corrected chi connectivity index (χ2v) is 3.46. The van der Waals surface area contributed by atoms with E-state index in [0.717, 1.165) is 6.54 Å². The van der Waals surface area contributed by atoms with Crippen molar-refractivity contribution >= 4 is 0 Å². The molecule has 2 saturated carbocycles. The van der Waals surface area contributed by atoms with Crippen molar-refractivity contribution < 1.29 is 17.1 Å². The molecule has 2 rings (SSSR count). The van der Waals surface area contributed by atoms with Gasteiger partial charge in [0.2, 0.25) is 0 Å². The predicted molar refractivity (Wildman–Crippen MR) is 65.1 cm³/mol. The Morgan fingerprint density at radius 2 is 1.38 bits per heavy atom. The molecule has 1 atom stereocenters. The van der Waals surface area contributed by atoms with Crippen LogP contribution in [0.3, 0.4) is 0 Å². The monoisotopic (exact) mass is 257 g/mol. The molecule has 1 N–H and O–H groups in total. The Labute approximate surface area is 113 Å². The average Bonchev–Trinajstić information content (AvgIpc) is 2.95. The van der Waals surface area contributed by atoms with Crippen LogP contribution in [0.25, 0.3) is 0 Å². The molecule has 2 aliphatic rings. The summed E-state index contributed by atoms with van der Waals surface area (Å²) in [6.45, 7) is 5.34. The molecule has 86 valence electrons. The summed E-state index contributed by atoms with van der Waals surface area (Å²) in [5, 5.41) is 3.35. The Morgan fingerprint density at radius 3 is 1.75 bits per heavy atom. The molecule has 2 aliphatic carbocycles. The number of hydrogen-bond acceptors (Lipinski definition) is 1. The van der Waals surface area contributed by atoms with Crippen molar-refractivity contribution in [1.82, 2.24) is 5.32 Å². The van der Waals surface area contributed by atoms with Crippen molar-refractivity contribution in [2.24, 2.45) is 0 Å². The standard InChI is InChI=1S/C9H14N.C5H5.Fe/c1-3-10-8(2)9-6-4-5-7-9;1-2-4-5-3-1;/h4-8,10H,3H2,1-2H3;1-5H;/q;;+2/t8-;;/m1../s1. The van der Waals surface area contributed by atoms with E-state index in [-0.39, 0.29) is 17.1 Å². The van der Waals surface area contributed by atoms with Crippen LogP contribution in [0.15, 0.2) is 0 Å². The second-order valence-electron chi connectivity index (χ2n) is 3.46. The molecule has 0 aromatic heterocycles. The molecule has 2 fully saturated rings. The van der Waals surface area contributed by atoms with E-state index in [1.807, 2.05) is 32.1 Å². The van der Waals surface area contributed by atoms with E-state index in [1.54, 1.807) is 0 Å². The minimum absolute atomic E-state index is 0. The predicted octanol–water partition coefficient (Wildman–Crippen LogP) is 2.41. The average molecular weight is 257 g/mol. The van der Waals surface area contributed by atoms with E-state index < -0.39 is 0 Å². The van der Waals surface area contributed by atoms with Gasteiger partial charge in [-0.15, -0.1) is 0 Å². The van der Waals surface area contributed by atoms with Crippen LogP contribution in [0.1, 0.15) is 13.8 Å². The molecule has 2 heteroatoms. The van der Waals surface area contributed by atoms with Gasteiger partial charge in [-0.25, -0.2) is 0 Å². The Kier molecular flexibility index (Phi) is 10.9. The molecule has 1 nitrogen and oxygen atoms in total. The van der Waals surface area contributed by atoms with Crippen LogP contribution in [-0.2, 0) is 17.1 Å². The van der Waals surface area contributed by atoms with Gasteiger partial charge in [-0.2, -0.15) is 0 Å². The summed E-state index contributed by atoms with van der Waals surface area (Å²) in [7, 11) is 0. The zero-order chi connectivity index (χ0) is 10.9. The summed E-state index contributed by atoms with van der Waals surface area (Å²) >= 11 is 0. The first-order chi connectivity index (χ1) is 7.34. The summed E-state index contributed by atoms with van der Waals surface area (Å²) in [4.78, 5) is 0. The van der Waals surface area contributed by atoms with Gasteiger partial charge in [0.1, 0.15) is 0 Å². The van der Waals surface area contributed by atoms with Gasteiger partial charge in [0.15, 0.2) is 0 Å². The molecule has 0 aromatic carbocycles. The summed E-state index contributed by atoms with van der Waals surface area (Å²) in [5.74, 6) is 1.38. The summed E-state index contributed by atoms with van der Waals surface area (Å²) < 4.78 is 0. The summed E-state index contributed by atoms with van der Waals surface area (Å²) in [6, 6.07) is 0.500. The Balaban J connectivity index is 0.000000318. The third kappa shape index (κ3) is 6.93. The summed E-state index contributed by atoms with van der Waals surface area (Å²) in [5.41, 5.74) is 0. The molecule has 0 amide bonds. The molecular formula is C14H19FeN+2. The third-order valence-corrected chi connectivity index (χ3v) is 2.25. The van der Waals surface area contributed by atoms with Crippen molar-refractivity contribution in [1.29, 1.82) is 0 Å². The molecule has 0 unspecified atom stereocenters. The van der Waals surface area contributed by atoms with Gasteiger partial charge in [-0.3, -0.25) is 0 Å². The molecule has 0 saturated heterocycles. The zero-order valence-electron chi connectivity index (χ0n) is 9.83. The Bertz CT molecular complexity index is 132. The van der Waals surface area contributed by atoms with Gasteiger partial charge in [0.25, 0.3) is 0 Å². The Hall–Kier alpha value is 0.479. The maximum absolute atomic E-state index is 3.35. The zero-order valence-corrected chi connectivity index (χ0v) is 10.9. The fourth-order valence-electron chi connectivity index (χ4n) is 1.42. The molecular weight excluding hydrogens is 238 g/mol. The minimum Gasteiger partial charge on any atom is -0.314 e. The molecule has 0 bridgehead atoms. The molecule has 0 aromatic rings. The van der Waals surface area contributed by atoms with Crippen molar-refractivity contribution in [2.75, 3.05) is 6.54 Å². The first-order valence-electron chi connectivity index (χ1n) is 5.46. The van der Waals surface area contributed by atoms with Crippen molar-refractivity contribution in [3.05, 3.63) is 63.7 Å². The van der Waals surface area contributed by atoms with Crippen LogP contribution >= 0.6 is 0 Å². The van der Waals surface area contributed by atoms with Crippen LogP contribution in [0.4, 0.5) is 0 Å². The van der Waals surface area contributed by atoms with E-state index in [1.165, 1.54) is 5.92 Å². The van der Waals surface area contributed by atoms with Crippen LogP contribution < -0.4 is 5.32 Å². The molecule has 10 radical (unpaired) electrons. The first-order valence-corrected chi connectivity index (χ1v) is 5.46. The normalized spacial score (nSPS) is 22.1. The Morgan fingerprint density at radius 1 is 0.938 bits per heavy atom. The quantitative estimate of drug-likeness (QED) is 0.765. The van der Waals surface area contributed by atoms with Gasteiger partial charge in [0, 0.05) is 6.04 Å². The van der Waals surface area contributed by atoms with Crippen molar-refractivity contribution in [3.63, 3.8) is 0 Å². The maximum Gasteiger partial charge on any atom is 2.00 e. The van der Waals surface area contributed by atoms with E-state index in [9.17, 15) is 0 Å². The first kappa shape index (κ1) is 16.5. The van der Waals surface area contributed by atoms with Crippen LogP contribution in [0, 0.1) is 63.7 Å². The molecule has 16 heavy (non-hydrogen) atoms. The number of hydrogen-bond donors (Lipinski definition) is 1. The van der Waals surface area contributed by atoms with Crippen molar-refractivity contribution in [2.45, 2.75) is 19.9 Å². The SMILES string of the molecule is CCN[C@H](C)[C]1[CH][CH][CH][CH]1.[CH]1[CH][CH][CH][CH]1.[Fe+2]. The molecule has 0 aliphatic heterocycles. The summed E-state index contributed by atoms with van der Waals surface area (Å²) in [6.07, 6.45) is 18.4. The van der Waals surface area contributed by atoms with Gasteiger partial charge in [-0.1, -0.05) is 6.92 Å². The fraction of sp³-hybridized carbons (Fsp3) is 0.286. The fourth-order valence-corrected chi connectivity index (χ4v) is 1.42. The van der Waals surface area contributed by atoms with Crippen molar-refractivity contribution in [3.8, 4) is 0 Å². The second kappa shape index (κ2) is 10.6. The minimum atomic E-state index is 0. The third-order valence-electron chi connectivity index (χ3n) is 2.25. The maximum atomic E-state index is 3.35. The van der Waals surface area contributed by atoms with Gasteiger partial charge >= 0.3 is 17.1 Å². The largest absolute Gasteiger partial charge is 2.00 e. The van der Waals surface area contributed by atoms with E-state index in [4.69, 9.17) is 0 Å². The van der Waals surface area contributed by atoms with Crippen LogP contribution in [-0.4, -0.2) is 12.6 Å². The van der Waals surface area contributed by atoms with Gasteiger partial charge in [0.05, 0.1) is 0 Å². The molecule has 0 spiro atoms. The number of nitrogens with one attached hydrogen (secondary N) is 1. The van der Waals surface area contributed by atoms with E-state index in [0.29, 0.717) is 6.04 Å². The topological polar surface area (TPSA) is 12.0 Å². The smallest absolute Gasteiger partial charge is 0.314 e. The van der Waals surface area contributed by atoms with E-state index in [2.05, 4.69) is 44.8 Å².